The first kappa shape index (κ1) is 16.2. The molecule has 1 saturated carbocycles. The molecule has 1 aliphatic heterocycles. The van der Waals surface area contributed by atoms with Crippen molar-refractivity contribution in [3.63, 3.8) is 0 Å². The number of ether oxygens (including phenoxy) is 1. The molecule has 1 amide bonds. The Labute approximate surface area is 147 Å². The van der Waals surface area contributed by atoms with Crippen molar-refractivity contribution in [2.75, 3.05) is 26.3 Å². The van der Waals surface area contributed by atoms with Gasteiger partial charge in [0.1, 0.15) is 6.04 Å². The van der Waals surface area contributed by atoms with Crippen LogP contribution < -0.4 is 0 Å². The number of hydrogen-bond acceptors (Lipinski definition) is 5. The third-order valence-electron chi connectivity index (χ3n) is 5.33. The van der Waals surface area contributed by atoms with Crippen molar-refractivity contribution in [2.24, 2.45) is 5.41 Å². The summed E-state index contributed by atoms with van der Waals surface area (Å²) in [5.41, 5.74) is 1.06. The van der Waals surface area contributed by atoms with Crippen LogP contribution in [0.5, 0.6) is 0 Å². The third-order valence-corrected chi connectivity index (χ3v) is 5.33. The van der Waals surface area contributed by atoms with Gasteiger partial charge in [0.05, 0.1) is 13.2 Å². The van der Waals surface area contributed by atoms with E-state index < -0.39 is 6.04 Å². The molecule has 2 heterocycles. The molecule has 1 saturated heterocycles. The summed E-state index contributed by atoms with van der Waals surface area (Å²) in [4.78, 5) is 16.3. The summed E-state index contributed by atoms with van der Waals surface area (Å²) < 4.78 is 5.74. The summed E-state index contributed by atoms with van der Waals surface area (Å²) in [7, 11) is 0. The monoisotopic (exact) mass is 341 g/mol. The van der Waals surface area contributed by atoms with Crippen LogP contribution in [0.15, 0.2) is 30.3 Å². The molecule has 1 aromatic carbocycles. The van der Waals surface area contributed by atoms with E-state index in [0.717, 1.165) is 31.6 Å². The summed E-state index contributed by atoms with van der Waals surface area (Å²) in [6.07, 6.45) is 3.52. The standard InChI is InChI=1S/C18H23N5O2/c1-14(23-20-16(19-21-23)15-6-3-2-4-7-15)17(24)22-10-11-25-13-18(12-22)8-5-9-18/h2-4,6-7,14H,5,8-13H2,1H3. The van der Waals surface area contributed by atoms with Gasteiger partial charge in [0.2, 0.25) is 11.7 Å². The molecule has 1 spiro atoms. The fourth-order valence-corrected chi connectivity index (χ4v) is 3.62. The summed E-state index contributed by atoms with van der Waals surface area (Å²) in [6, 6.07) is 9.19. The lowest BCUT2D eigenvalue weighted by Gasteiger charge is -2.43. The molecule has 1 aromatic heterocycles. The zero-order valence-corrected chi connectivity index (χ0v) is 14.5. The lowest BCUT2D eigenvalue weighted by atomic mass is 9.69. The number of rotatable bonds is 3. The van der Waals surface area contributed by atoms with Gasteiger partial charge in [-0.15, -0.1) is 10.2 Å². The smallest absolute Gasteiger partial charge is 0.249 e. The minimum Gasteiger partial charge on any atom is -0.379 e. The van der Waals surface area contributed by atoms with Crippen molar-refractivity contribution in [3.05, 3.63) is 30.3 Å². The molecule has 2 fully saturated rings. The lowest BCUT2D eigenvalue weighted by Crippen LogP contribution is -2.47. The van der Waals surface area contributed by atoms with Crippen molar-refractivity contribution in [1.82, 2.24) is 25.1 Å². The van der Waals surface area contributed by atoms with Gasteiger partial charge in [0, 0.05) is 24.1 Å². The van der Waals surface area contributed by atoms with E-state index in [2.05, 4.69) is 15.4 Å². The fourth-order valence-electron chi connectivity index (χ4n) is 3.62. The van der Waals surface area contributed by atoms with Gasteiger partial charge in [0.25, 0.3) is 0 Å². The van der Waals surface area contributed by atoms with Gasteiger partial charge in [0.15, 0.2) is 0 Å². The highest BCUT2D eigenvalue weighted by Gasteiger charge is 2.42. The van der Waals surface area contributed by atoms with E-state index in [1.807, 2.05) is 42.2 Å². The van der Waals surface area contributed by atoms with E-state index >= 15 is 0 Å². The Hall–Kier alpha value is -2.28. The number of aromatic nitrogens is 4. The quantitative estimate of drug-likeness (QED) is 0.853. The number of amides is 1. The maximum absolute atomic E-state index is 13.0. The highest BCUT2D eigenvalue weighted by molar-refractivity contribution is 5.80. The molecule has 0 bridgehead atoms. The Balaban J connectivity index is 1.49. The van der Waals surface area contributed by atoms with Gasteiger partial charge >= 0.3 is 0 Å². The van der Waals surface area contributed by atoms with E-state index in [-0.39, 0.29) is 11.3 Å². The van der Waals surface area contributed by atoms with E-state index in [0.29, 0.717) is 19.0 Å². The highest BCUT2D eigenvalue weighted by Crippen LogP contribution is 2.42. The zero-order chi connectivity index (χ0) is 17.3. The lowest BCUT2D eigenvalue weighted by molar-refractivity contribution is -0.136. The van der Waals surface area contributed by atoms with Gasteiger partial charge in [-0.05, 0) is 25.0 Å². The first-order valence-electron chi connectivity index (χ1n) is 8.88. The predicted octanol–water partition coefficient (Wildman–Crippen LogP) is 1.93. The molecule has 2 aromatic rings. The third kappa shape index (κ3) is 3.16. The van der Waals surface area contributed by atoms with E-state index in [4.69, 9.17) is 4.74 Å². The van der Waals surface area contributed by atoms with E-state index in [1.54, 1.807) is 0 Å². The first-order valence-corrected chi connectivity index (χ1v) is 8.88. The van der Waals surface area contributed by atoms with Crippen LogP contribution in [-0.4, -0.2) is 57.3 Å². The number of nitrogens with zero attached hydrogens (tertiary/aromatic N) is 5. The molecule has 1 atom stereocenters. The second-order valence-electron chi connectivity index (χ2n) is 7.14. The fraction of sp³-hybridized carbons (Fsp3) is 0.556. The molecule has 2 aliphatic rings. The molecule has 25 heavy (non-hydrogen) atoms. The molecule has 7 heteroatoms. The van der Waals surface area contributed by atoms with Gasteiger partial charge in [-0.2, -0.15) is 4.80 Å². The Morgan fingerprint density at radius 1 is 1.28 bits per heavy atom. The maximum atomic E-state index is 13.0. The molecule has 7 nitrogen and oxygen atoms in total. The molecule has 0 radical (unpaired) electrons. The normalized spacial score (nSPS) is 20.8. The average Bonchev–Trinajstić information content (AvgIpc) is 2.99. The van der Waals surface area contributed by atoms with Crippen molar-refractivity contribution in [2.45, 2.75) is 32.2 Å². The van der Waals surface area contributed by atoms with Crippen molar-refractivity contribution < 1.29 is 9.53 Å². The summed E-state index contributed by atoms with van der Waals surface area (Å²) in [5, 5.41) is 12.6. The molecule has 4 rings (SSSR count). The van der Waals surface area contributed by atoms with Crippen LogP contribution in [0.3, 0.4) is 0 Å². The Bertz CT molecular complexity index is 741. The predicted molar refractivity (Wildman–Crippen MR) is 91.6 cm³/mol. The summed E-state index contributed by atoms with van der Waals surface area (Å²) in [6.45, 7) is 4.60. The Morgan fingerprint density at radius 2 is 2.08 bits per heavy atom. The number of hydrogen-bond donors (Lipinski definition) is 0. The SMILES string of the molecule is CC(C(=O)N1CCOCC2(CCC2)C1)n1nnc(-c2ccccc2)n1. The number of carbonyl (C=O) groups is 1. The van der Waals surface area contributed by atoms with Crippen LogP contribution in [0.4, 0.5) is 0 Å². The summed E-state index contributed by atoms with van der Waals surface area (Å²) >= 11 is 0. The molecule has 132 valence electrons. The Morgan fingerprint density at radius 3 is 2.80 bits per heavy atom. The van der Waals surface area contributed by atoms with Crippen molar-refractivity contribution in [1.29, 1.82) is 0 Å². The molecule has 1 aliphatic carbocycles. The molecule has 0 N–H and O–H groups in total. The highest BCUT2D eigenvalue weighted by atomic mass is 16.5. The van der Waals surface area contributed by atoms with Gasteiger partial charge in [-0.25, -0.2) is 0 Å². The largest absolute Gasteiger partial charge is 0.379 e. The first-order chi connectivity index (χ1) is 12.2. The van der Waals surface area contributed by atoms with Gasteiger partial charge < -0.3 is 9.64 Å². The van der Waals surface area contributed by atoms with Gasteiger partial charge in [-0.1, -0.05) is 36.8 Å². The maximum Gasteiger partial charge on any atom is 0.249 e. The second-order valence-corrected chi connectivity index (χ2v) is 7.14. The molecular formula is C18H23N5O2. The topological polar surface area (TPSA) is 73.1 Å². The van der Waals surface area contributed by atoms with Crippen LogP contribution in [0, 0.1) is 5.41 Å². The van der Waals surface area contributed by atoms with Crippen LogP contribution in [0.25, 0.3) is 11.4 Å². The summed E-state index contributed by atoms with van der Waals surface area (Å²) in [5.74, 6) is 0.573. The van der Waals surface area contributed by atoms with Crippen molar-refractivity contribution in [3.8, 4) is 11.4 Å². The van der Waals surface area contributed by atoms with E-state index in [1.165, 1.54) is 11.2 Å². The van der Waals surface area contributed by atoms with Crippen molar-refractivity contribution >= 4 is 5.91 Å². The zero-order valence-electron chi connectivity index (χ0n) is 14.5. The molecular weight excluding hydrogens is 318 g/mol. The number of benzene rings is 1. The average molecular weight is 341 g/mol. The van der Waals surface area contributed by atoms with E-state index in [9.17, 15) is 4.79 Å². The van der Waals surface area contributed by atoms with Crippen LogP contribution >= 0.6 is 0 Å². The number of carbonyl (C=O) groups excluding carboxylic acids is 1. The minimum absolute atomic E-state index is 0.0359. The number of tetrazole rings is 1. The van der Waals surface area contributed by atoms with Crippen LogP contribution in [-0.2, 0) is 9.53 Å². The molecule has 1 unspecified atom stereocenters. The minimum atomic E-state index is -0.472. The van der Waals surface area contributed by atoms with Gasteiger partial charge in [-0.3, -0.25) is 4.79 Å². The van der Waals surface area contributed by atoms with Crippen LogP contribution in [0.2, 0.25) is 0 Å². The van der Waals surface area contributed by atoms with Crippen LogP contribution in [0.1, 0.15) is 32.2 Å². The Kier molecular flexibility index (Phi) is 4.25. The second kappa shape index (κ2) is 6.55.